The van der Waals surface area contributed by atoms with Crippen molar-refractivity contribution in [1.82, 2.24) is 10.2 Å². The molecule has 0 fully saturated rings. The fraction of sp³-hybridized carbons (Fsp3) is 0.389. The number of nitrogens with one attached hydrogen (secondary N) is 1. The highest BCUT2D eigenvalue weighted by Gasteiger charge is 2.12. The molecule has 0 spiro atoms. The van der Waals surface area contributed by atoms with Crippen LogP contribution in [0.4, 0.5) is 5.13 Å². The average Bonchev–Trinajstić information content (AvgIpc) is 3.12. The molecule has 1 aromatic carbocycles. The Kier molecular flexibility index (Phi) is 8.02. The second kappa shape index (κ2) is 10.5. The van der Waals surface area contributed by atoms with Gasteiger partial charge < -0.3 is 18.9 Å². The molecule has 27 heavy (non-hydrogen) atoms. The highest BCUT2D eigenvalue weighted by molar-refractivity contribution is 7.15. The molecule has 8 nitrogen and oxygen atoms in total. The molecule has 9 heteroatoms. The minimum atomic E-state index is -0.309. The van der Waals surface area contributed by atoms with Gasteiger partial charge in [-0.2, -0.15) is 0 Å². The SMILES string of the molecule is CCOCCc1nnc(NC(=O)C=Cc2cc(OC)c(OC)c(OC)c2)s1. The van der Waals surface area contributed by atoms with Crippen molar-refractivity contribution < 1.29 is 23.7 Å². The fourth-order valence-corrected chi connectivity index (χ4v) is 2.95. The van der Waals surface area contributed by atoms with Gasteiger partial charge in [0.15, 0.2) is 11.5 Å². The normalized spacial score (nSPS) is 10.8. The van der Waals surface area contributed by atoms with Crippen LogP contribution in [0.5, 0.6) is 17.2 Å². The summed E-state index contributed by atoms with van der Waals surface area (Å²) in [5, 5.41) is 11.9. The lowest BCUT2D eigenvalue weighted by Gasteiger charge is -2.12. The molecule has 146 valence electrons. The van der Waals surface area contributed by atoms with Gasteiger partial charge in [0.25, 0.3) is 0 Å². The first kappa shape index (κ1) is 20.7. The van der Waals surface area contributed by atoms with Crippen LogP contribution >= 0.6 is 11.3 Å². The molecular formula is C18H23N3O5S. The number of hydrogen-bond donors (Lipinski definition) is 1. The van der Waals surface area contributed by atoms with E-state index in [1.54, 1.807) is 18.2 Å². The Hall–Kier alpha value is -2.65. The molecule has 0 aliphatic rings. The van der Waals surface area contributed by atoms with E-state index in [9.17, 15) is 4.79 Å². The maximum absolute atomic E-state index is 12.1. The van der Waals surface area contributed by atoms with Crippen LogP contribution in [-0.2, 0) is 16.0 Å². The number of carbonyl (C=O) groups is 1. The zero-order valence-electron chi connectivity index (χ0n) is 15.8. The van der Waals surface area contributed by atoms with E-state index in [0.717, 1.165) is 10.6 Å². The maximum Gasteiger partial charge on any atom is 0.250 e. The van der Waals surface area contributed by atoms with Crippen molar-refractivity contribution in [1.29, 1.82) is 0 Å². The van der Waals surface area contributed by atoms with Gasteiger partial charge in [0.05, 0.1) is 27.9 Å². The molecule has 0 saturated carbocycles. The third-order valence-electron chi connectivity index (χ3n) is 3.48. The van der Waals surface area contributed by atoms with Crippen LogP contribution in [0.1, 0.15) is 17.5 Å². The second-order valence-electron chi connectivity index (χ2n) is 5.23. The summed E-state index contributed by atoms with van der Waals surface area (Å²) in [4.78, 5) is 12.1. The number of amides is 1. The highest BCUT2D eigenvalue weighted by Crippen LogP contribution is 2.38. The zero-order chi connectivity index (χ0) is 19.6. The molecule has 2 aromatic rings. The third-order valence-corrected chi connectivity index (χ3v) is 4.37. The van der Waals surface area contributed by atoms with Crippen LogP contribution in [0.15, 0.2) is 18.2 Å². The van der Waals surface area contributed by atoms with E-state index in [-0.39, 0.29) is 5.91 Å². The first-order valence-electron chi connectivity index (χ1n) is 8.30. The molecular weight excluding hydrogens is 370 g/mol. The predicted octanol–water partition coefficient (Wildman–Crippen LogP) is 2.79. The summed E-state index contributed by atoms with van der Waals surface area (Å²) in [5.74, 6) is 1.21. The largest absolute Gasteiger partial charge is 0.493 e. The monoisotopic (exact) mass is 393 g/mol. The number of methoxy groups -OCH3 is 3. The third kappa shape index (κ3) is 5.93. The summed E-state index contributed by atoms with van der Waals surface area (Å²) in [6.07, 6.45) is 3.72. The van der Waals surface area contributed by atoms with Crippen molar-refractivity contribution in [3.05, 3.63) is 28.8 Å². The summed E-state index contributed by atoms with van der Waals surface area (Å²) in [6.45, 7) is 3.18. The van der Waals surface area contributed by atoms with E-state index in [1.165, 1.54) is 38.7 Å². The number of anilines is 1. The molecule has 0 atom stereocenters. The van der Waals surface area contributed by atoms with Gasteiger partial charge in [-0.05, 0) is 30.7 Å². The van der Waals surface area contributed by atoms with Crippen molar-refractivity contribution >= 4 is 28.5 Å². The Morgan fingerprint density at radius 2 is 1.85 bits per heavy atom. The number of carbonyl (C=O) groups excluding carboxylic acids is 1. The van der Waals surface area contributed by atoms with Crippen LogP contribution in [0.2, 0.25) is 0 Å². The van der Waals surface area contributed by atoms with Crippen LogP contribution in [0.25, 0.3) is 6.08 Å². The van der Waals surface area contributed by atoms with Gasteiger partial charge >= 0.3 is 0 Å². The lowest BCUT2D eigenvalue weighted by Crippen LogP contribution is -2.07. The topological polar surface area (TPSA) is 91.8 Å². The van der Waals surface area contributed by atoms with Crippen molar-refractivity contribution in [3.8, 4) is 17.2 Å². The first-order chi connectivity index (χ1) is 13.1. The van der Waals surface area contributed by atoms with Crippen molar-refractivity contribution in [2.24, 2.45) is 0 Å². The summed E-state index contributed by atoms with van der Waals surface area (Å²) >= 11 is 1.33. The van der Waals surface area contributed by atoms with E-state index in [1.807, 2.05) is 6.92 Å². The summed E-state index contributed by atoms with van der Waals surface area (Å²) in [7, 11) is 4.61. The number of ether oxygens (including phenoxy) is 4. The summed E-state index contributed by atoms with van der Waals surface area (Å²) in [5.41, 5.74) is 0.731. The van der Waals surface area contributed by atoms with Crippen molar-refractivity contribution in [2.45, 2.75) is 13.3 Å². The van der Waals surface area contributed by atoms with Gasteiger partial charge in [0, 0.05) is 19.1 Å². The van der Waals surface area contributed by atoms with Gasteiger partial charge in [-0.3, -0.25) is 10.1 Å². The molecule has 1 amide bonds. The highest BCUT2D eigenvalue weighted by atomic mass is 32.1. The van der Waals surface area contributed by atoms with Gasteiger partial charge in [-0.15, -0.1) is 10.2 Å². The molecule has 0 aliphatic heterocycles. The van der Waals surface area contributed by atoms with Crippen LogP contribution in [0, 0.1) is 0 Å². The molecule has 0 saturated heterocycles. The Morgan fingerprint density at radius 1 is 1.15 bits per heavy atom. The van der Waals surface area contributed by atoms with Crippen LogP contribution in [0.3, 0.4) is 0 Å². The van der Waals surface area contributed by atoms with E-state index >= 15 is 0 Å². The lowest BCUT2D eigenvalue weighted by atomic mass is 10.1. The van der Waals surface area contributed by atoms with E-state index < -0.39 is 0 Å². The standard InChI is InChI=1S/C18H23N3O5S/c1-5-26-9-8-16-20-21-18(27-16)19-15(22)7-6-12-10-13(23-2)17(25-4)14(11-12)24-3/h6-7,10-11H,5,8-9H2,1-4H3,(H,19,21,22). The van der Waals surface area contributed by atoms with E-state index in [4.69, 9.17) is 18.9 Å². The molecule has 1 heterocycles. The number of benzene rings is 1. The smallest absolute Gasteiger partial charge is 0.250 e. The number of aromatic nitrogens is 2. The Labute approximate surface area is 162 Å². The summed E-state index contributed by atoms with van der Waals surface area (Å²) in [6, 6.07) is 3.50. The fourth-order valence-electron chi connectivity index (χ4n) is 2.23. The van der Waals surface area contributed by atoms with E-state index in [0.29, 0.717) is 42.0 Å². The molecule has 1 aromatic heterocycles. The minimum Gasteiger partial charge on any atom is -0.493 e. The Morgan fingerprint density at radius 3 is 2.44 bits per heavy atom. The number of hydrogen-bond acceptors (Lipinski definition) is 8. The number of rotatable bonds is 10. The Balaban J connectivity index is 2.02. The zero-order valence-corrected chi connectivity index (χ0v) is 16.6. The van der Waals surface area contributed by atoms with Crippen molar-refractivity contribution in [3.63, 3.8) is 0 Å². The van der Waals surface area contributed by atoms with Crippen LogP contribution in [-0.4, -0.2) is 50.6 Å². The molecule has 0 radical (unpaired) electrons. The molecule has 0 aliphatic carbocycles. The van der Waals surface area contributed by atoms with Gasteiger partial charge in [0.2, 0.25) is 16.8 Å². The second-order valence-corrected chi connectivity index (χ2v) is 6.29. The average molecular weight is 393 g/mol. The molecule has 1 N–H and O–H groups in total. The minimum absolute atomic E-state index is 0.309. The van der Waals surface area contributed by atoms with Gasteiger partial charge in [-0.1, -0.05) is 11.3 Å². The molecule has 2 rings (SSSR count). The van der Waals surface area contributed by atoms with Crippen molar-refractivity contribution in [2.75, 3.05) is 39.9 Å². The maximum atomic E-state index is 12.1. The van der Waals surface area contributed by atoms with Crippen LogP contribution < -0.4 is 19.5 Å². The van der Waals surface area contributed by atoms with E-state index in [2.05, 4.69) is 15.5 Å². The molecule has 0 unspecified atom stereocenters. The summed E-state index contributed by atoms with van der Waals surface area (Å²) < 4.78 is 21.2. The number of nitrogens with zero attached hydrogens (tertiary/aromatic N) is 2. The molecule has 0 bridgehead atoms. The predicted molar refractivity (Wildman–Crippen MR) is 104 cm³/mol. The Bertz CT molecular complexity index is 766. The van der Waals surface area contributed by atoms with Gasteiger partial charge in [-0.25, -0.2) is 0 Å². The first-order valence-corrected chi connectivity index (χ1v) is 9.12. The van der Waals surface area contributed by atoms with Gasteiger partial charge in [0.1, 0.15) is 5.01 Å². The quantitative estimate of drug-likeness (QED) is 0.490. The lowest BCUT2D eigenvalue weighted by molar-refractivity contribution is -0.111.